The summed E-state index contributed by atoms with van der Waals surface area (Å²) in [5.74, 6) is -0.916. The summed E-state index contributed by atoms with van der Waals surface area (Å²) in [6.45, 7) is 1.45. The average molecular weight is 471 g/mol. The number of nitrogens with one attached hydrogen (secondary N) is 2. The Morgan fingerprint density at radius 2 is 1.76 bits per heavy atom. The molecule has 34 heavy (non-hydrogen) atoms. The molecular weight excluding hydrogens is 448 g/mol. The van der Waals surface area contributed by atoms with Crippen molar-refractivity contribution in [3.63, 3.8) is 0 Å². The lowest BCUT2D eigenvalue weighted by molar-refractivity contribution is -0.134. The SMILES string of the molecule is CCC1(c2ccccc2)NC(=O)N(CC(=O)Nc2nc(-c3ccc4ccccc4c3)cs2)C1=O. The van der Waals surface area contributed by atoms with E-state index in [9.17, 15) is 14.4 Å². The first-order chi connectivity index (χ1) is 16.5. The Labute approximate surface area is 200 Å². The number of carbonyl (C=O) groups excluding carboxylic acids is 3. The van der Waals surface area contributed by atoms with Crippen LogP contribution >= 0.6 is 11.3 Å². The molecule has 0 bridgehead atoms. The molecule has 0 radical (unpaired) electrons. The van der Waals surface area contributed by atoms with E-state index in [4.69, 9.17) is 0 Å². The molecule has 1 aliphatic rings. The summed E-state index contributed by atoms with van der Waals surface area (Å²) in [5, 5.41) is 10.0. The average Bonchev–Trinajstić information content (AvgIpc) is 3.42. The fraction of sp³-hybridized carbons (Fsp3) is 0.154. The van der Waals surface area contributed by atoms with Gasteiger partial charge in [0.1, 0.15) is 12.1 Å². The molecule has 2 N–H and O–H groups in total. The van der Waals surface area contributed by atoms with Gasteiger partial charge in [-0.2, -0.15) is 0 Å². The number of rotatable bonds is 6. The minimum absolute atomic E-state index is 0.376. The second kappa shape index (κ2) is 8.72. The fourth-order valence-corrected chi connectivity index (χ4v) is 4.98. The summed E-state index contributed by atoms with van der Waals surface area (Å²) in [5.41, 5.74) is 1.22. The standard InChI is InChI=1S/C26H22N4O3S/c1-2-26(20-10-4-3-5-11-20)23(32)30(25(33)29-26)15-22(31)28-24-27-21(16-34-24)19-13-12-17-8-6-7-9-18(17)14-19/h3-14,16H,2,15H2,1H3,(H,29,33)(H,27,28,31). The Morgan fingerprint density at radius 1 is 1.03 bits per heavy atom. The molecule has 8 heteroatoms. The third-order valence-corrected chi connectivity index (χ3v) is 6.83. The molecule has 0 saturated carbocycles. The summed E-state index contributed by atoms with van der Waals surface area (Å²) in [6, 6.07) is 22.6. The molecule has 3 aromatic carbocycles. The minimum Gasteiger partial charge on any atom is -0.319 e. The van der Waals surface area contributed by atoms with Crippen LogP contribution in [0.3, 0.4) is 0 Å². The van der Waals surface area contributed by atoms with Crippen molar-refractivity contribution in [2.75, 3.05) is 11.9 Å². The number of nitrogens with zero attached hydrogens (tertiary/aromatic N) is 2. The van der Waals surface area contributed by atoms with Gasteiger partial charge in [-0.1, -0.05) is 73.7 Å². The lowest BCUT2D eigenvalue weighted by Crippen LogP contribution is -2.44. The molecule has 5 rings (SSSR count). The number of anilines is 1. The number of carbonyl (C=O) groups is 3. The van der Waals surface area contributed by atoms with E-state index in [-0.39, 0.29) is 6.54 Å². The van der Waals surface area contributed by atoms with Crippen LogP contribution < -0.4 is 10.6 Å². The minimum atomic E-state index is -1.16. The monoisotopic (exact) mass is 470 g/mol. The van der Waals surface area contributed by atoms with Gasteiger partial charge < -0.3 is 10.6 Å². The number of thiazole rings is 1. The van der Waals surface area contributed by atoms with E-state index in [0.29, 0.717) is 17.1 Å². The first kappa shape index (κ1) is 21.8. The Hall–Kier alpha value is -4.04. The lowest BCUT2D eigenvalue weighted by atomic mass is 9.87. The molecule has 1 fully saturated rings. The molecule has 1 saturated heterocycles. The van der Waals surface area contributed by atoms with Gasteiger partial charge in [-0.15, -0.1) is 11.3 Å². The van der Waals surface area contributed by atoms with Crippen molar-refractivity contribution in [2.24, 2.45) is 0 Å². The van der Waals surface area contributed by atoms with Crippen LogP contribution in [0.15, 0.2) is 78.2 Å². The smallest absolute Gasteiger partial charge is 0.319 e. The van der Waals surface area contributed by atoms with Crippen LogP contribution in [-0.4, -0.2) is 34.3 Å². The lowest BCUT2D eigenvalue weighted by Gasteiger charge is -2.25. The van der Waals surface area contributed by atoms with E-state index in [1.54, 1.807) is 12.1 Å². The molecule has 2 heterocycles. The molecule has 1 aromatic heterocycles. The second-order valence-corrected chi connectivity index (χ2v) is 8.95. The highest BCUT2D eigenvalue weighted by Gasteiger charge is 2.51. The Kier molecular flexibility index (Phi) is 5.59. The molecular formula is C26H22N4O3S. The normalized spacial score (nSPS) is 17.7. The Morgan fingerprint density at radius 3 is 2.53 bits per heavy atom. The van der Waals surface area contributed by atoms with Gasteiger partial charge in [0.15, 0.2) is 5.13 Å². The molecule has 0 aliphatic carbocycles. The quantitative estimate of drug-likeness (QED) is 0.398. The Balaban J connectivity index is 1.29. The van der Waals surface area contributed by atoms with Crippen molar-refractivity contribution in [3.05, 3.63) is 83.7 Å². The highest BCUT2D eigenvalue weighted by atomic mass is 32.1. The van der Waals surface area contributed by atoms with Crippen molar-refractivity contribution in [1.29, 1.82) is 0 Å². The van der Waals surface area contributed by atoms with E-state index in [1.165, 1.54) is 11.3 Å². The third-order valence-electron chi connectivity index (χ3n) is 6.07. The molecule has 4 aromatic rings. The summed E-state index contributed by atoms with van der Waals surface area (Å²) in [7, 11) is 0. The number of hydrogen-bond acceptors (Lipinski definition) is 5. The van der Waals surface area contributed by atoms with Gasteiger partial charge in [-0.05, 0) is 28.8 Å². The molecule has 1 atom stereocenters. The zero-order chi connectivity index (χ0) is 23.7. The first-order valence-electron chi connectivity index (χ1n) is 10.9. The van der Waals surface area contributed by atoms with Crippen molar-refractivity contribution in [1.82, 2.24) is 15.2 Å². The Bertz CT molecular complexity index is 1400. The van der Waals surface area contributed by atoms with Gasteiger partial charge >= 0.3 is 6.03 Å². The third kappa shape index (κ3) is 3.82. The zero-order valence-electron chi connectivity index (χ0n) is 18.4. The molecule has 170 valence electrons. The topological polar surface area (TPSA) is 91.4 Å². The number of benzene rings is 3. The first-order valence-corrected chi connectivity index (χ1v) is 11.8. The van der Waals surface area contributed by atoms with Crippen molar-refractivity contribution >= 4 is 45.1 Å². The number of fused-ring (bicyclic) bond motifs is 1. The van der Waals surface area contributed by atoms with Crippen LogP contribution in [-0.2, 0) is 15.1 Å². The van der Waals surface area contributed by atoms with Crippen LogP contribution in [0.1, 0.15) is 18.9 Å². The molecule has 1 unspecified atom stereocenters. The van der Waals surface area contributed by atoms with Crippen molar-refractivity contribution in [3.8, 4) is 11.3 Å². The largest absolute Gasteiger partial charge is 0.325 e. The van der Waals surface area contributed by atoms with E-state index in [1.807, 2.05) is 66.9 Å². The molecule has 0 spiro atoms. The predicted molar refractivity (Wildman–Crippen MR) is 132 cm³/mol. The predicted octanol–water partition coefficient (Wildman–Crippen LogP) is 4.76. The number of imide groups is 1. The van der Waals surface area contributed by atoms with Crippen LogP contribution in [0, 0.1) is 0 Å². The van der Waals surface area contributed by atoms with Gasteiger partial charge in [-0.25, -0.2) is 9.78 Å². The van der Waals surface area contributed by atoms with Crippen LogP contribution in [0.25, 0.3) is 22.0 Å². The maximum absolute atomic E-state index is 13.2. The molecule has 1 aliphatic heterocycles. The zero-order valence-corrected chi connectivity index (χ0v) is 19.3. The second-order valence-electron chi connectivity index (χ2n) is 8.09. The summed E-state index contributed by atoms with van der Waals surface area (Å²) in [6.07, 6.45) is 0.376. The van der Waals surface area contributed by atoms with E-state index >= 15 is 0 Å². The number of hydrogen-bond donors (Lipinski definition) is 2. The van der Waals surface area contributed by atoms with E-state index in [0.717, 1.165) is 26.9 Å². The number of urea groups is 1. The fourth-order valence-electron chi connectivity index (χ4n) is 4.25. The van der Waals surface area contributed by atoms with Crippen LogP contribution in [0.2, 0.25) is 0 Å². The van der Waals surface area contributed by atoms with E-state index in [2.05, 4.69) is 21.7 Å². The maximum atomic E-state index is 13.2. The van der Waals surface area contributed by atoms with Crippen molar-refractivity contribution in [2.45, 2.75) is 18.9 Å². The number of aromatic nitrogens is 1. The highest BCUT2D eigenvalue weighted by Crippen LogP contribution is 2.32. The molecule has 7 nitrogen and oxygen atoms in total. The number of amides is 4. The summed E-state index contributed by atoms with van der Waals surface area (Å²) in [4.78, 5) is 44.0. The van der Waals surface area contributed by atoms with Gasteiger partial charge in [-0.3, -0.25) is 14.5 Å². The summed E-state index contributed by atoms with van der Waals surface area (Å²) >= 11 is 1.29. The highest BCUT2D eigenvalue weighted by molar-refractivity contribution is 7.14. The van der Waals surface area contributed by atoms with Crippen molar-refractivity contribution < 1.29 is 14.4 Å². The van der Waals surface area contributed by atoms with E-state index < -0.39 is 23.4 Å². The van der Waals surface area contributed by atoms with Gasteiger partial charge in [0.2, 0.25) is 5.91 Å². The van der Waals surface area contributed by atoms with Crippen LogP contribution in [0.4, 0.5) is 9.93 Å². The van der Waals surface area contributed by atoms with Gasteiger partial charge in [0.05, 0.1) is 5.69 Å². The maximum Gasteiger partial charge on any atom is 0.325 e. The van der Waals surface area contributed by atoms with Crippen LogP contribution in [0.5, 0.6) is 0 Å². The van der Waals surface area contributed by atoms with Gasteiger partial charge in [0.25, 0.3) is 5.91 Å². The summed E-state index contributed by atoms with van der Waals surface area (Å²) < 4.78 is 0. The van der Waals surface area contributed by atoms with Gasteiger partial charge in [0, 0.05) is 10.9 Å². The molecule has 4 amide bonds.